The Bertz CT molecular complexity index is 1000. The molecule has 2 aromatic carbocycles. The van der Waals surface area contributed by atoms with Gasteiger partial charge in [-0.2, -0.15) is 4.98 Å². The fraction of sp³-hybridized carbons (Fsp3) is 0.0556. The van der Waals surface area contributed by atoms with Gasteiger partial charge in [-0.1, -0.05) is 30.3 Å². The highest BCUT2D eigenvalue weighted by Gasteiger charge is 2.07. The van der Waals surface area contributed by atoms with Gasteiger partial charge < -0.3 is 5.32 Å². The minimum Gasteiger partial charge on any atom is -0.350 e. The SMILES string of the molecule is Fc1ccc(-c2nnc3nc(NCc4ccccc4)ncc3n2)cc1. The third-order valence-corrected chi connectivity index (χ3v) is 3.61. The predicted octanol–water partition coefficient (Wildman–Crippen LogP) is 3.23. The predicted molar refractivity (Wildman–Crippen MR) is 92.1 cm³/mol. The third-order valence-electron chi connectivity index (χ3n) is 3.61. The Balaban J connectivity index is 1.57. The lowest BCUT2D eigenvalue weighted by Gasteiger charge is -2.05. The van der Waals surface area contributed by atoms with E-state index in [9.17, 15) is 4.39 Å². The first-order valence-electron chi connectivity index (χ1n) is 7.69. The van der Waals surface area contributed by atoms with Crippen molar-refractivity contribution in [3.63, 3.8) is 0 Å². The molecule has 6 nitrogen and oxygen atoms in total. The van der Waals surface area contributed by atoms with Gasteiger partial charge in [-0.05, 0) is 29.8 Å². The lowest BCUT2D eigenvalue weighted by molar-refractivity contribution is 0.628. The topological polar surface area (TPSA) is 76.5 Å². The molecule has 1 N–H and O–H groups in total. The summed E-state index contributed by atoms with van der Waals surface area (Å²) in [5.74, 6) is 0.554. The van der Waals surface area contributed by atoms with Gasteiger partial charge in [0.25, 0.3) is 0 Å². The van der Waals surface area contributed by atoms with E-state index in [4.69, 9.17) is 0 Å². The quantitative estimate of drug-likeness (QED) is 0.618. The number of rotatable bonds is 4. The van der Waals surface area contributed by atoms with Crippen LogP contribution < -0.4 is 5.32 Å². The van der Waals surface area contributed by atoms with Crippen LogP contribution in [0.1, 0.15) is 5.56 Å². The van der Waals surface area contributed by atoms with Crippen LogP contribution in [0.2, 0.25) is 0 Å². The Hall–Kier alpha value is -3.48. The molecular weight excluding hydrogens is 319 g/mol. The highest BCUT2D eigenvalue weighted by atomic mass is 19.1. The molecule has 0 aliphatic heterocycles. The van der Waals surface area contributed by atoms with E-state index in [0.29, 0.717) is 35.0 Å². The van der Waals surface area contributed by atoms with Gasteiger partial charge in [0.15, 0.2) is 5.82 Å². The van der Waals surface area contributed by atoms with Gasteiger partial charge in [0.1, 0.15) is 11.3 Å². The maximum atomic E-state index is 13.0. The molecule has 4 rings (SSSR count). The van der Waals surface area contributed by atoms with Crippen LogP contribution >= 0.6 is 0 Å². The Labute approximate surface area is 142 Å². The Morgan fingerprint density at radius 3 is 2.48 bits per heavy atom. The van der Waals surface area contributed by atoms with Crippen molar-refractivity contribution in [1.29, 1.82) is 0 Å². The van der Waals surface area contributed by atoms with Crippen LogP contribution in [0, 0.1) is 5.82 Å². The summed E-state index contributed by atoms with van der Waals surface area (Å²) in [5.41, 5.74) is 2.74. The van der Waals surface area contributed by atoms with E-state index in [1.807, 2.05) is 30.3 Å². The van der Waals surface area contributed by atoms with E-state index < -0.39 is 0 Å². The average Bonchev–Trinajstić information content (AvgIpc) is 2.67. The molecule has 0 bridgehead atoms. The number of hydrogen-bond donors (Lipinski definition) is 1. The molecule has 0 unspecified atom stereocenters. The maximum absolute atomic E-state index is 13.0. The van der Waals surface area contributed by atoms with Crippen LogP contribution in [0.4, 0.5) is 10.3 Å². The van der Waals surface area contributed by atoms with Crippen LogP contribution in [-0.4, -0.2) is 25.1 Å². The molecule has 7 heteroatoms. The lowest BCUT2D eigenvalue weighted by atomic mass is 10.2. The van der Waals surface area contributed by atoms with E-state index in [1.165, 1.54) is 12.1 Å². The fourth-order valence-electron chi connectivity index (χ4n) is 2.33. The van der Waals surface area contributed by atoms with E-state index >= 15 is 0 Å². The first-order valence-corrected chi connectivity index (χ1v) is 7.69. The second-order valence-corrected chi connectivity index (χ2v) is 5.38. The normalized spacial score (nSPS) is 10.8. The summed E-state index contributed by atoms with van der Waals surface area (Å²) in [6.07, 6.45) is 1.59. The summed E-state index contributed by atoms with van der Waals surface area (Å²) in [5, 5.41) is 11.3. The summed E-state index contributed by atoms with van der Waals surface area (Å²) in [7, 11) is 0. The molecule has 0 radical (unpaired) electrons. The van der Waals surface area contributed by atoms with Crippen molar-refractivity contribution in [3.8, 4) is 11.4 Å². The molecule has 0 saturated heterocycles. The molecule has 2 aromatic heterocycles. The van der Waals surface area contributed by atoms with Crippen molar-refractivity contribution < 1.29 is 4.39 Å². The molecule has 122 valence electrons. The standard InChI is InChI=1S/C18H13FN6/c19-14-8-6-13(7-9-14)16-22-15-11-21-18(23-17(15)25-24-16)20-10-12-4-2-1-3-5-12/h1-9,11H,10H2,(H,20,21,23,25). The summed E-state index contributed by atoms with van der Waals surface area (Å²) in [6, 6.07) is 15.9. The third kappa shape index (κ3) is 3.40. The highest BCUT2D eigenvalue weighted by Crippen LogP contribution is 2.17. The molecule has 0 aliphatic rings. The van der Waals surface area contributed by atoms with Gasteiger partial charge in [-0.25, -0.2) is 14.4 Å². The molecule has 0 saturated carbocycles. The highest BCUT2D eigenvalue weighted by molar-refractivity contribution is 5.71. The minimum atomic E-state index is -0.310. The van der Waals surface area contributed by atoms with Crippen molar-refractivity contribution >= 4 is 17.1 Å². The van der Waals surface area contributed by atoms with Gasteiger partial charge in [-0.15, -0.1) is 10.2 Å². The van der Waals surface area contributed by atoms with Gasteiger partial charge >= 0.3 is 0 Å². The Morgan fingerprint density at radius 1 is 0.880 bits per heavy atom. The fourth-order valence-corrected chi connectivity index (χ4v) is 2.33. The van der Waals surface area contributed by atoms with Crippen molar-refractivity contribution in [2.45, 2.75) is 6.54 Å². The van der Waals surface area contributed by atoms with Gasteiger partial charge in [0.2, 0.25) is 11.6 Å². The van der Waals surface area contributed by atoms with E-state index in [0.717, 1.165) is 5.56 Å². The summed E-state index contributed by atoms with van der Waals surface area (Å²) < 4.78 is 13.0. The van der Waals surface area contributed by atoms with Crippen LogP contribution in [0.5, 0.6) is 0 Å². The second-order valence-electron chi connectivity index (χ2n) is 5.38. The van der Waals surface area contributed by atoms with Crippen LogP contribution in [0.25, 0.3) is 22.6 Å². The van der Waals surface area contributed by atoms with Gasteiger partial charge in [-0.3, -0.25) is 0 Å². The zero-order chi connectivity index (χ0) is 17.1. The van der Waals surface area contributed by atoms with Crippen molar-refractivity contribution in [3.05, 3.63) is 72.2 Å². The van der Waals surface area contributed by atoms with Crippen LogP contribution in [0.3, 0.4) is 0 Å². The summed E-state index contributed by atoms with van der Waals surface area (Å²) in [4.78, 5) is 13.0. The number of hydrogen-bond acceptors (Lipinski definition) is 6. The molecule has 0 atom stereocenters. The van der Waals surface area contributed by atoms with Gasteiger partial charge in [0.05, 0.1) is 6.20 Å². The number of nitrogens with zero attached hydrogens (tertiary/aromatic N) is 5. The summed E-state index contributed by atoms with van der Waals surface area (Å²) >= 11 is 0. The van der Waals surface area contributed by atoms with Crippen LogP contribution in [0.15, 0.2) is 60.8 Å². The molecule has 4 aromatic rings. The molecule has 25 heavy (non-hydrogen) atoms. The molecule has 2 heterocycles. The smallest absolute Gasteiger partial charge is 0.225 e. The minimum absolute atomic E-state index is 0.310. The average molecular weight is 332 g/mol. The Morgan fingerprint density at radius 2 is 1.68 bits per heavy atom. The number of nitrogens with one attached hydrogen (secondary N) is 1. The maximum Gasteiger partial charge on any atom is 0.225 e. The second kappa shape index (κ2) is 6.56. The lowest BCUT2D eigenvalue weighted by Crippen LogP contribution is -2.05. The first-order chi connectivity index (χ1) is 12.3. The zero-order valence-corrected chi connectivity index (χ0v) is 13.1. The zero-order valence-electron chi connectivity index (χ0n) is 13.1. The number of anilines is 1. The molecule has 0 amide bonds. The Kier molecular flexibility index (Phi) is 3.96. The van der Waals surface area contributed by atoms with E-state index in [-0.39, 0.29) is 5.82 Å². The number of benzene rings is 2. The first kappa shape index (κ1) is 15.1. The van der Waals surface area contributed by atoms with Crippen molar-refractivity contribution in [2.75, 3.05) is 5.32 Å². The summed E-state index contributed by atoms with van der Waals surface area (Å²) in [6.45, 7) is 0.612. The van der Waals surface area contributed by atoms with Gasteiger partial charge in [0, 0.05) is 12.1 Å². The van der Waals surface area contributed by atoms with E-state index in [1.54, 1.807) is 18.3 Å². The molecule has 0 fully saturated rings. The number of aromatic nitrogens is 5. The van der Waals surface area contributed by atoms with E-state index in [2.05, 4.69) is 30.5 Å². The molecule has 0 spiro atoms. The van der Waals surface area contributed by atoms with Crippen molar-refractivity contribution in [2.24, 2.45) is 0 Å². The molecular formula is C18H13FN6. The largest absolute Gasteiger partial charge is 0.350 e. The van der Waals surface area contributed by atoms with Crippen LogP contribution in [-0.2, 0) is 6.54 Å². The number of halogens is 1. The molecule has 0 aliphatic carbocycles. The van der Waals surface area contributed by atoms with Crippen molar-refractivity contribution in [1.82, 2.24) is 25.1 Å². The monoisotopic (exact) mass is 332 g/mol. The number of fused-ring (bicyclic) bond motifs is 1.